The van der Waals surface area contributed by atoms with Crippen LogP contribution in [0.2, 0.25) is 0 Å². The van der Waals surface area contributed by atoms with Gasteiger partial charge >= 0.3 is 0 Å². The number of nitrogens with zero attached hydrogens (tertiary/aromatic N) is 4. The first-order valence-electron chi connectivity index (χ1n) is 12.3. The molecule has 0 radical (unpaired) electrons. The number of hydrogen-bond donors (Lipinski definition) is 0. The monoisotopic (exact) mass is 628 g/mol. The Kier molecular flexibility index (Phi) is 10.5. The molecule has 0 aliphatic heterocycles. The molecule has 4 rings (SSSR count). The van der Waals surface area contributed by atoms with Crippen LogP contribution in [0.25, 0.3) is 10.2 Å². The molecule has 0 unspecified atom stereocenters. The van der Waals surface area contributed by atoms with E-state index in [1.807, 2.05) is 32.3 Å². The van der Waals surface area contributed by atoms with Gasteiger partial charge in [-0.25, -0.2) is 13.4 Å². The lowest BCUT2D eigenvalue weighted by molar-refractivity contribution is 0.0986. The molecule has 37 heavy (non-hydrogen) atoms. The Balaban J connectivity index is 0.00000380. The number of anilines is 1. The molecule has 0 spiro atoms. The molecule has 0 N–H and O–H groups in total. The topological polar surface area (TPSA) is 73.8 Å². The van der Waals surface area contributed by atoms with E-state index in [2.05, 4.69) is 20.8 Å². The summed E-state index contributed by atoms with van der Waals surface area (Å²) in [4.78, 5) is 22.3. The van der Waals surface area contributed by atoms with Crippen LogP contribution < -0.4 is 4.90 Å². The van der Waals surface area contributed by atoms with Crippen LogP contribution in [-0.2, 0) is 10.0 Å². The van der Waals surface area contributed by atoms with Crippen LogP contribution in [0.5, 0.6) is 0 Å². The van der Waals surface area contributed by atoms with Gasteiger partial charge in [0.25, 0.3) is 5.91 Å². The van der Waals surface area contributed by atoms with Gasteiger partial charge < -0.3 is 4.90 Å². The van der Waals surface area contributed by atoms with Gasteiger partial charge in [0.2, 0.25) is 10.0 Å². The summed E-state index contributed by atoms with van der Waals surface area (Å²) in [5.41, 5.74) is 1.29. The summed E-state index contributed by atoms with van der Waals surface area (Å²) < 4.78 is 29.9. The molecule has 0 bridgehead atoms. The van der Waals surface area contributed by atoms with Crippen molar-refractivity contribution in [2.45, 2.75) is 49.5 Å². The Morgan fingerprint density at radius 3 is 2.35 bits per heavy atom. The summed E-state index contributed by atoms with van der Waals surface area (Å²) in [6.45, 7) is 1.35. The number of amides is 1. The molecule has 2 aromatic carbocycles. The summed E-state index contributed by atoms with van der Waals surface area (Å²) in [6, 6.07) is 12.3. The smallest absolute Gasteiger partial charge is 0.260 e. The van der Waals surface area contributed by atoms with E-state index in [4.69, 9.17) is 4.98 Å². The van der Waals surface area contributed by atoms with Gasteiger partial charge in [-0.05, 0) is 82.4 Å². The number of halogens is 2. The van der Waals surface area contributed by atoms with Crippen molar-refractivity contribution >= 4 is 71.0 Å². The zero-order valence-corrected chi connectivity index (χ0v) is 25.4. The highest BCUT2D eigenvalue weighted by atomic mass is 79.9. The fourth-order valence-electron chi connectivity index (χ4n) is 4.56. The summed E-state index contributed by atoms with van der Waals surface area (Å²) >= 11 is 4.98. The molecule has 3 aromatic rings. The van der Waals surface area contributed by atoms with Gasteiger partial charge in [-0.3, -0.25) is 9.69 Å². The van der Waals surface area contributed by atoms with Crippen LogP contribution in [0.3, 0.4) is 0 Å². The Hall–Kier alpha value is -1.56. The van der Waals surface area contributed by atoms with Crippen molar-refractivity contribution in [3.8, 4) is 0 Å². The predicted molar refractivity (Wildman–Crippen MR) is 158 cm³/mol. The lowest BCUT2D eigenvalue weighted by Crippen LogP contribution is -2.38. The Bertz CT molecular complexity index is 1310. The molecule has 1 aliphatic rings. The van der Waals surface area contributed by atoms with E-state index in [1.54, 1.807) is 36.2 Å². The SMILES string of the molecule is CN(C)CCCN(C(=O)c1ccc(S(=O)(=O)N(C)C2CCCCC2)cc1)c1nc2ccc(Br)cc2s1.Cl. The van der Waals surface area contributed by atoms with E-state index >= 15 is 0 Å². The fraction of sp³-hybridized carbons (Fsp3) is 0.462. The van der Waals surface area contributed by atoms with Gasteiger partial charge in [0.1, 0.15) is 0 Å². The van der Waals surface area contributed by atoms with Crippen molar-refractivity contribution in [1.29, 1.82) is 0 Å². The lowest BCUT2D eigenvalue weighted by Gasteiger charge is -2.30. The zero-order valence-electron chi connectivity index (χ0n) is 21.4. The predicted octanol–water partition coefficient (Wildman–Crippen LogP) is 6.03. The first-order chi connectivity index (χ1) is 17.2. The van der Waals surface area contributed by atoms with Crippen molar-refractivity contribution in [3.05, 3.63) is 52.5 Å². The summed E-state index contributed by atoms with van der Waals surface area (Å²) in [6.07, 6.45) is 5.86. The highest BCUT2D eigenvalue weighted by Crippen LogP contribution is 2.32. The van der Waals surface area contributed by atoms with Crippen LogP contribution in [0.4, 0.5) is 5.13 Å². The zero-order chi connectivity index (χ0) is 25.9. The average Bonchev–Trinajstić information content (AvgIpc) is 3.29. The second kappa shape index (κ2) is 13.0. The number of fused-ring (bicyclic) bond motifs is 1. The van der Waals surface area contributed by atoms with E-state index in [0.717, 1.165) is 59.8 Å². The molecule has 1 fully saturated rings. The minimum Gasteiger partial charge on any atom is -0.309 e. The summed E-state index contributed by atoms with van der Waals surface area (Å²) in [7, 11) is 2.07. The number of carbonyl (C=O) groups excluding carboxylic acids is 1. The van der Waals surface area contributed by atoms with Crippen molar-refractivity contribution in [3.63, 3.8) is 0 Å². The van der Waals surface area contributed by atoms with Gasteiger partial charge in [0.15, 0.2) is 5.13 Å². The molecule has 0 saturated heterocycles. The Morgan fingerprint density at radius 2 is 1.70 bits per heavy atom. The first kappa shape index (κ1) is 30.0. The minimum atomic E-state index is -3.61. The third kappa shape index (κ3) is 7.10. The molecular weight excluding hydrogens is 596 g/mol. The van der Waals surface area contributed by atoms with Crippen molar-refractivity contribution in [1.82, 2.24) is 14.2 Å². The van der Waals surface area contributed by atoms with E-state index in [9.17, 15) is 13.2 Å². The molecule has 1 amide bonds. The molecular formula is C26H34BrClN4O3S2. The Morgan fingerprint density at radius 1 is 1.03 bits per heavy atom. The van der Waals surface area contributed by atoms with Crippen LogP contribution in [-0.4, -0.2) is 68.8 Å². The number of benzene rings is 2. The molecule has 0 atom stereocenters. The number of aromatic nitrogens is 1. The second-order valence-corrected chi connectivity index (χ2v) is 13.5. The van der Waals surface area contributed by atoms with Gasteiger partial charge in [0, 0.05) is 29.7 Å². The maximum atomic E-state index is 13.6. The number of rotatable bonds is 9. The van der Waals surface area contributed by atoms with Crippen molar-refractivity contribution in [2.75, 3.05) is 39.1 Å². The van der Waals surface area contributed by atoms with Gasteiger partial charge in [-0.15, -0.1) is 12.4 Å². The third-order valence-corrected chi connectivity index (χ3v) is 10.1. The fourth-order valence-corrected chi connectivity index (χ4v) is 7.52. The van der Waals surface area contributed by atoms with E-state index in [0.29, 0.717) is 17.2 Å². The lowest BCUT2D eigenvalue weighted by atomic mass is 9.96. The van der Waals surface area contributed by atoms with Gasteiger partial charge in [-0.1, -0.05) is 46.5 Å². The minimum absolute atomic E-state index is 0. The van der Waals surface area contributed by atoms with Crippen molar-refractivity contribution in [2.24, 2.45) is 0 Å². The maximum Gasteiger partial charge on any atom is 0.260 e. The normalized spacial score (nSPS) is 14.8. The number of carbonyl (C=O) groups is 1. The van der Waals surface area contributed by atoms with Gasteiger partial charge in [0.05, 0.1) is 15.1 Å². The Labute approximate surface area is 238 Å². The second-order valence-electron chi connectivity index (χ2n) is 9.56. The quantitative estimate of drug-likeness (QED) is 0.289. The maximum absolute atomic E-state index is 13.6. The summed E-state index contributed by atoms with van der Waals surface area (Å²) in [5, 5.41) is 0.639. The molecule has 1 aromatic heterocycles. The highest BCUT2D eigenvalue weighted by Gasteiger charge is 2.29. The number of hydrogen-bond acceptors (Lipinski definition) is 6. The van der Waals surface area contributed by atoms with Crippen LogP contribution >= 0.6 is 39.7 Å². The largest absolute Gasteiger partial charge is 0.309 e. The van der Waals surface area contributed by atoms with E-state index in [1.165, 1.54) is 15.6 Å². The molecule has 11 heteroatoms. The first-order valence-corrected chi connectivity index (χ1v) is 15.3. The molecule has 1 saturated carbocycles. The number of thiazole rings is 1. The van der Waals surface area contributed by atoms with Gasteiger partial charge in [-0.2, -0.15) is 4.31 Å². The van der Waals surface area contributed by atoms with Crippen LogP contribution in [0.15, 0.2) is 51.8 Å². The van der Waals surface area contributed by atoms with E-state index < -0.39 is 10.0 Å². The molecule has 1 heterocycles. The molecule has 7 nitrogen and oxygen atoms in total. The molecule has 202 valence electrons. The molecule has 1 aliphatic carbocycles. The van der Waals surface area contributed by atoms with Crippen molar-refractivity contribution < 1.29 is 13.2 Å². The highest BCUT2D eigenvalue weighted by molar-refractivity contribution is 9.10. The average molecular weight is 630 g/mol. The van der Waals surface area contributed by atoms with E-state index in [-0.39, 0.29) is 29.3 Å². The standard InChI is InChI=1S/C26H33BrN4O3S2.ClH/c1-29(2)16-7-17-31(26-28-23-15-12-20(27)18-24(23)35-26)25(32)19-10-13-22(14-11-19)36(33,34)30(3)21-8-5-4-6-9-21;/h10-15,18,21H,4-9,16-17H2,1-3H3;1H. The number of sulfonamides is 1. The van der Waals surface area contributed by atoms with Crippen LogP contribution in [0, 0.1) is 0 Å². The third-order valence-electron chi connectivity index (χ3n) is 6.67. The van der Waals surface area contributed by atoms with Crippen LogP contribution in [0.1, 0.15) is 48.9 Å². The summed E-state index contributed by atoms with van der Waals surface area (Å²) in [5.74, 6) is -0.184.